The number of carbonyl (C=O) groups is 1. The summed E-state index contributed by atoms with van der Waals surface area (Å²) in [6, 6.07) is 4.91. The Morgan fingerprint density at radius 3 is 2.70 bits per heavy atom. The van der Waals surface area contributed by atoms with Crippen LogP contribution >= 0.6 is 0 Å². The maximum Gasteiger partial charge on any atom is 0.266 e. The molecule has 0 unspecified atom stereocenters. The van der Waals surface area contributed by atoms with E-state index in [-0.39, 0.29) is 0 Å². The van der Waals surface area contributed by atoms with Crippen molar-refractivity contribution in [3.63, 3.8) is 0 Å². The van der Waals surface area contributed by atoms with Crippen LogP contribution in [-0.2, 0) is 27.8 Å². The van der Waals surface area contributed by atoms with Gasteiger partial charge >= 0.3 is 0 Å². The normalized spacial score (nSPS) is 12.9. The van der Waals surface area contributed by atoms with E-state index < -0.39 is 27.8 Å². The highest BCUT2D eigenvalue weighted by Gasteiger charge is 2.19. The lowest BCUT2D eigenvalue weighted by Gasteiger charge is -2.10. The third-order valence-corrected chi connectivity index (χ3v) is 6.28. The smallest absolute Gasteiger partial charge is 0.266 e. The number of benzene rings is 1. The molecule has 7 N–H and O–H groups in total. The molecule has 0 aliphatic rings. The summed E-state index contributed by atoms with van der Waals surface area (Å²) in [6.07, 6.45) is 6.44. The number of aromatic nitrogens is 3. The molecule has 1 amide bonds. The van der Waals surface area contributed by atoms with Gasteiger partial charge in [-0.3, -0.25) is 9.35 Å². The Hall–Kier alpha value is -2.76. The van der Waals surface area contributed by atoms with E-state index >= 15 is 0 Å². The van der Waals surface area contributed by atoms with Crippen LogP contribution in [0, 0.1) is 0 Å². The van der Waals surface area contributed by atoms with Gasteiger partial charge in [0.1, 0.15) is 17.4 Å². The van der Waals surface area contributed by atoms with Crippen LogP contribution in [0.15, 0.2) is 18.2 Å². The second kappa shape index (κ2) is 10.9. The van der Waals surface area contributed by atoms with Gasteiger partial charge in [-0.2, -0.15) is 8.42 Å². The number of aromatic amines is 1. The summed E-state index contributed by atoms with van der Waals surface area (Å²) in [4.78, 5) is 24.3. The highest BCUT2D eigenvalue weighted by molar-refractivity contribution is 7.85. The number of hydrogen-bond donors (Lipinski definition) is 5. The molecule has 0 aliphatic carbocycles. The lowest BCUT2D eigenvalue weighted by Crippen LogP contribution is -2.45. The van der Waals surface area contributed by atoms with Gasteiger partial charge < -0.3 is 21.8 Å². The Kier molecular flexibility index (Phi) is 8.22. The van der Waals surface area contributed by atoms with Crippen molar-refractivity contribution in [1.82, 2.24) is 20.3 Å². The van der Waals surface area contributed by atoms with E-state index in [1.54, 1.807) is 0 Å². The average molecular weight is 477 g/mol. The molecule has 1 atom stereocenters. The monoisotopic (exact) mass is 476 g/mol. The maximum absolute atomic E-state index is 11.7. The fourth-order valence-electron chi connectivity index (χ4n) is 3.76. The Labute approximate surface area is 193 Å². The van der Waals surface area contributed by atoms with Gasteiger partial charge in [-0.15, -0.1) is 0 Å². The van der Waals surface area contributed by atoms with Crippen molar-refractivity contribution in [3.05, 3.63) is 29.6 Å². The lowest BCUT2D eigenvalue weighted by atomic mass is 10.0. The van der Waals surface area contributed by atoms with Gasteiger partial charge in [0.15, 0.2) is 5.82 Å². The summed E-state index contributed by atoms with van der Waals surface area (Å²) >= 11 is 0. The molecule has 0 spiro atoms. The van der Waals surface area contributed by atoms with Gasteiger partial charge in [0.05, 0.1) is 16.8 Å². The van der Waals surface area contributed by atoms with E-state index in [2.05, 4.69) is 39.3 Å². The number of rotatable bonds is 12. The number of amides is 1. The maximum atomic E-state index is 11.7. The molecule has 0 saturated carbocycles. The van der Waals surface area contributed by atoms with Crippen LogP contribution < -0.4 is 16.8 Å². The summed E-state index contributed by atoms with van der Waals surface area (Å²) in [7, 11) is -4.28. The zero-order valence-electron chi connectivity index (χ0n) is 18.8. The molecule has 10 nitrogen and oxygen atoms in total. The Balaban J connectivity index is 1.52. The number of nitrogen functional groups attached to an aromatic ring is 1. The van der Waals surface area contributed by atoms with Crippen molar-refractivity contribution in [2.75, 3.05) is 18.0 Å². The number of nitrogens with zero attached hydrogens (tertiary/aromatic N) is 2. The third kappa shape index (κ3) is 6.86. The van der Waals surface area contributed by atoms with E-state index in [0.29, 0.717) is 12.4 Å². The van der Waals surface area contributed by atoms with Gasteiger partial charge in [0, 0.05) is 18.4 Å². The molecule has 3 aromatic rings. The molecule has 1 aromatic carbocycles. The highest BCUT2D eigenvalue weighted by atomic mass is 32.2. The van der Waals surface area contributed by atoms with Crippen LogP contribution in [0.2, 0.25) is 0 Å². The largest absolute Gasteiger partial charge is 0.382 e. The zero-order valence-corrected chi connectivity index (χ0v) is 19.6. The van der Waals surface area contributed by atoms with Crippen LogP contribution in [0.3, 0.4) is 0 Å². The van der Waals surface area contributed by atoms with Gasteiger partial charge in [0.25, 0.3) is 10.1 Å². The summed E-state index contributed by atoms with van der Waals surface area (Å²) < 4.78 is 30.3. The van der Waals surface area contributed by atoms with Crippen molar-refractivity contribution in [2.45, 2.75) is 57.9 Å². The molecule has 0 bridgehead atoms. The number of hydrogen-bond acceptors (Lipinski definition) is 7. The Morgan fingerprint density at radius 2 is 1.97 bits per heavy atom. The van der Waals surface area contributed by atoms with Crippen LogP contribution in [0.1, 0.15) is 50.4 Å². The second-order valence-corrected chi connectivity index (χ2v) is 9.81. The van der Waals surface area contributed by atoms with Crippen LogP contribution in [-0.4, -0.2) is 52.2 Å². The Morgan fingerprint density at radius 1 is 1.18 bits per heavy atom. The topological polar surface area (TPSA) is 177 Å². The molecule has 180 valence electrons. The lowest BCUT2D eigenvalue weighted by molar-refractivity contribution is -0.121. The van der Waals surface area contributed by atoms with Crippen LogP contribution in [0.25, 0.3) is 21.9 Å². The number of unbranched alkanes of at least 4 members (excludes halogenated alkanes) is 3. The van der Waals surface area contributed by atoms with Gasteiger partial charge in [-0.05, 0) is 37.3 Å². The van der Waals surface area contributed by atoms with Gasteiger partial charge in [-0.25, -0.2) is 9.97 Å². The predicted octanol–water partition coefficient (Wildman–Crippen LogP) is 2.08. The standard InChI is InChI=1S/C22H32N6O4S/c1-2-3-8-18-27-19-15-10-9-14(12-17(15)26-21(24)20(19)28-18)7-5-4-6-11-25-22(29)16(23)13-33(30,31)32/h9-10,12,16H,2-8,11,13,23H2,1H3,(H2,24,26)(H,25,29)(H,27,28)(H,30,31,32)/t16-/m0/s1. The van der Waals surface area contributed by atoms with E-state index in [4.69, 9.17) is 16.0 Å². The number of anilines is 1. The van der Waals surface area contributed by atoms with Crippen molar-refractivity contribution in [2.24, 2.45) is 5.73 Å². The SMILES string of the molecule is CCCCc1nc2c(N)nc3cc(CCCCCNC(=O)[C@@H](N)CS(=O)(=O)O)ccc3c2[nH]1. The number of fused-ring (bicyclic) bond motifs is 3. The van der Waals surface area contributed by atoms with Crippen molar-refractivity contribution < 1.29 is 17.8 Å². The fraction of sp³-hybridized carbons (Fsp3) is 0.500. The number of H-pyrrole nitrogens is 1. The number of aryl methyl sites for hydroxylation is 2. The molecule has 33 heavy (non-hydrogen) atoms. The molecule has 0 saturated heterocycles. The van der Waals surface area contributed by atoms with Crippen LogP contribution in [0.5, 0.6) is 0 Å². The number of nitrogens with two attached hydrogens (primary N) is 2. The zero-order chi connectivity index (χ0) is 24.0. The highest BCUT2D eigenvalue weighted by Crippen LogP contribution is 2.27. The summed E-state index contributed by atoms with van der Waals surface area (Å²) in [5.74, 6) is -0.0158. The minimum atomic E-state index is -4.28. The molecule has 0 fully saturated rings. The quantitative estimate of drug-likeness (QED) is 0.195. The summed E-state index contributed by atoms with van der Waals surface area (Å²) in [5, 5.41) is 3.59. The first kappa shape index (κ1) is 24.9. The van der Waals surface area contributed by atoms with E-state index in [0.717, 1.165) is 78.3 Å². The first-order chi connectivity index (χ1) is 15.7. The molecule has 11 heteroatoms. The number of pyridine rings is 1. The minimum absolute atomic E-state index is 0.395. The van der Waals surface area contributed by atoms with Gasteiger partial charge in [-0.1, -0.05) is 31.9 Å². The molecule has 3 rings (SSSR count). The first-order valence-electron chi connectivity index (χ1n) is 11.2. The van der Waals surface area contributed by atoms with Gasteiger partial charge in [0.2, 0.25) is 5.91 Å². The summed E-state index contributed by atoms with van der Waals surface area (Å²) in [6.45, 7) is 2.54. The number of carbonyl (C=O) groups excluding carboxylic acids is 1. The van der Waals surface area contributed by atoms with Crippen molar-refractivity contribution in [3.8, 4) is 0 Å². The molecular weight excluding hydrogens is 444 g/mol. The van der Waals surface area contributed by atoms with Crippen molar-refractivity contribution in [1.29, 1.82) is 0 Å². The Bertz CT molecular complexity index is 1220. The van der Waals surface area contributed by atoms with E-state index in [1.165, 1.54) is 0 Å². The molecule has 0 radical (unpaired) electrons. The average Bonchev–Trinajstić information content (AvgIpc) is 3.18. The number of imidazole rings is 1. The third-order valence-electron chi connectivity index (χ3n) is 5.50. The molecule has 2 aromatic heterocycles. The van der Waals surface area contributed by atoms with Crippen molar-refractivity contribution >= 4 is 43.8 Å². The molecule has 2 heterocycles. The number of nitrogens with one attached hydrogen (secondary N) is 2. The fourth-order valence-corrected chi connectivity index (χ4v) is 4.37. The first-order valence-corrected chi connectivity index (χ1v) is 12.8. The molecule has 0 aliphatic heterocycles. The van der Waals surface area contributed by atoms with E-state index in [9.17, 15) is 13.2 Å². The summed E-state index contributed by atoms with van der Waals surface area (Å²) in [5.41, 5.74) is 15.3. The minimum Gasteiger partial charge on any atom is -0.382 e. The van der Waals surface area contributed by atoms with E-state index in [1.807, 2.05) is 6.07 Å². The molecular formula is C22H32N6O4S. The van der Waals surface area contributed by atoms with Crippen LogP contribution in [0.4, 0.5) is 5.82 Å². The predicted molar refractivity (Wildman–Crippen MR) is 129 cm³/mol. The second-order valence-electron chi connectivity index (χ2n) is 8.32.